The quantitative estimate of drug-likeness (QED) is 0.558. The Labute approximate surface area is 193 Å². The minimum atomic E-state index is -0.136. The summed E-state index contributed by atoms with van der Waals surface area (Å²) in [6.07, 6.45) is 1.13. The second-order valence-electron chi connectivity index (χ2n) is 8.29. The van der Waals surface area contributed by atoms with E-state index in [4.69, 9.17) is 4.74 Å². The highest BCUT2D eigenvalue weighted by Crippen LogP contribution is 2.27. The lowest BCUT2D eigenvalue weighted by Gasteiger charge is -2.28. The van der Waals surface area contributed by atoms with Crippen LogP contribution in [0.2, 0.25) is 0 Å². The fourth-order valence-electron chi connectivity index (χ4n) is 4.09. The van der Waals surface area contributed by atoms with Gasteiger partial charge in [0.25, 0.3) is 5.91 Å². The molecule has 0 bridgehead atoms. The van der Waals surface area contributed by atoms with Crippen LogP contribution in [0.25, 0.3) is 0 Å². The number of fused-ring (bicyclic) bond motifs is 1. The molecule has 6 heteroatoms. The molecule has 3 aromatic rings. The highest BCUT2D eigenvalue weighted by atomic mass is 32.1. The zero-order chi connectivity index (χ0) is 22.7. The van der Waals surface area contributed by atoms with Crippen molar-refractivity contribution in [3.8, 4) is 5.75 Å². The fraction of sp³-hybridized carbons (Fsp3) is 0.308. The van der Waals surface area contributed by atoms with Gasteiger partial charge >= 0.3 is 0 Å². The number of amides is 2. The Morgan fingerprint density at radius 2 is 1.88 bits per heavy atom. The normalized spacial score (nSPS) is 12.9. The lowest BCUT2D eigenvalue weighted by atomic mass is 10.0. The lowest BCUT2D eigenvalue weighted by molar-refractivity contribution is -0.116. The van der Waals surface area contributed by atoms with Crippen LogP contribution >= 0.6 is 11.3 Å². The van der Waals surface area contributed by atoms with Gasteiger partial charge in [-0.05, 0) is 85.2 Å². The van der Waals surface area contributed by atoms with Crippen molar-refractivity contribution in [3.63, 3.8) is 0 Å². The zero-order valence-electron chi connectivity index (χ0n) is 18.7. The van der Waals surface area contributed by atoms with Gasteiger partial charge in [-0.3, -0.25) is 9.59 Å². The van der Waals surface area contributed by atoms with Gasteiger partial charge in [-0.1, -0.05) is 12.1 Å². The number of carbonyl (C=O) groups excluding carboxylic acids is 2. The molecule has 0 aliphatic carbocycles. The topological polar surface area (TPSA) is 58.6 Å². The number of nitrogens with zero attached hydrogens (tertiary/aromatic N) is 1. The molecule has 0 saturated heterocycles. The van der Waals surface area contributed by atoms with Gasteiger partial charge in [0.05, 0.1) is 13.0 Å². The number of nitrogens with one attached hydrogen (secondary N) is 1. The summed E-state index contributed by atoms with van der Waals surface area (Å²) in [7, 11) is 0. The third-order valence-electron chi connectivity index (χ3n) is 5.73. The molecular weight excluding hydrogens is 420 g/mol. The predicted octanol–water partition coefficient (Wildman–Crippen LogP) is 5.28. The third kappa shape index (κ3) is 5.02. The summed E-state index contributed by atoms with van der Waals surface area (Å²) in [5.41, 5.74) is 5.59. The molecule has 166 valence electrons. The smallest absolute Gasteiger partial charge is 0.254 e. The number of thiophene rings is 1. The van der Waals surface area contributed by atoms with Crippen LogP contribution in [-0.2, 0) is 17.8 Å². The summed E-state index contributed by atoms with van der Waals surface area (Å²) in [5.74, 6) is 0.644. The van der Waals surface area contributed by atoms with Crippen molar-refractivity contribution in [2.24, 2.45) is 0 Å². The van der Waals surface area contributed by atoms with Crippen LogP contribution in [0.15, 0.2) is 47.8 Å². The zero-order valence-corrected chi connectivity index (χ0v) is 19.6. The fourth-order valence-corrected chi connectivity index (χ4v) is 4.98. The summed E-state index contributed by atoms with van der Waals surface area (Å²) in [4.78, 5) is 28.9. The molecule has 1 aromatic heterocycles. The van der Waals surface area contributed by atoms with Gasteiger partial charge in [0.1, 0.15) is 5.75 Å². The Morgan fingerprint density at radius 3 is 2.66 bits per heavy atom. The number of anilines is 1. The molecule has 2 aromatic carbocycles. The van der Waals surface area contributed by atoms with Gasteiger partial charge in [-0.2, -0.15) is 0 Å². The van der Waals surface area contributed by atoms with E-state index in [-0.39, 0.29) is 18.2 Å². The maximum Gasteiger partial charge on any atom is 0.254 e. The average molecular weight is 449 g/mol. The number of rotatable bonds is 6. The van der Waals surface area contributed by atoms with E-state index in [0.717, 1.165) is 35.4 Å². The molecule has 2 heterocycles. The van der Waals surface area contributed by atoms with Crippen LogP contribution in [0.1, 0.15) is 43.9 Å². The van der Waals surface area contributed by atoms with Gasteiger partial charge in [-0.15, -0.1) is 11.3 Å². The van der Waals surface area contributed by atoms with Gasteiger partial charge in [0.2, 0.25) is 5.91 Å². The van der Waals surface area contributed by atoms with Crippen molar-refractivity contribution >= 4 is 28.8 Å². The van der Waals surface area contributed by atoms with Crippen molar-refractivity contribution in [2.45, 2.75) is 40.2 Å². The van der Waals surface area contributed by atoms with Crippen molar-refractivity contribution in [1.29, 1.82) is 0 Å². The molecule has 0 saturated carbocycles. The molecule has 0 atom stereocenters. The Kier molecular flexibility index (Phi) is 6.61. The van der Waals surface area contributed by atoms with E-state index in [0.29, 0.717) is 24.4 Å². The Morgan fingerprint density at radius 1 is 1.09 bits per heavy atom. The predicted molar refractivity (Wildman–Crippen MR) is 129 cm³/mol. The van der Waals surface area contributed by atoms with Gasteiger partial charge < -0.3 is 15.0 Å². The number of aryl methyl sites for hydroxylation is 2. The number of ether oxygens (including phenoxy) is 1. The van der Waals surface area contributed by atoms with Crippen molar-refractivity contribution in [1.82, 2.24) is 4.90 Å². The molecule has 2 amide bonds. The first kappa shape index (κ1) is 22.1. The molecule has 5 nitrogen and oxygen atoms in total. The Hall–Kier alpha value is -3.12. The largest absolute Gasteiger partial charge is 0.493 e. The second-order valence-corrected chi connectivity index (χ2v) is 9.29. The standard InChI is InChI=1S/C26H28N2O3S/c1-17-13-18(2)15-21(14-17)31-11-8-25(29)27-23-6-4-5-22(19(23)3)26(30)28-10-7-24-20(16-28)9-12-32-24/h4-6,9,12-15H,7-8,10-11,16H2,1-3H3,(H,27,29). The highest BCUT2D eigenvalue weighted by molar-refractivity contribution is 7.10. The van der Waals surface area contributed by atoms with E-state index in [9.17, 15) is 9.59 Å². The van der Waals surface area contributed by atoms with Crippen molar-refractivity contribution in [2.75, 3.05) is 18.5 Å². The van der Waals surface area contributed by atoms with Crippen LogP contribution < -0.4 is 10.1 Å². The molecule has 1 aliphatic heterocycles. The SMILES string of the molecule is Cc1cc(C)cc(OCCC(=O)Nc2cccc(C(=O)N3CCc4sccc4C3)c2C)c1. The molecule has 1 aliphatic rings. The number of carbonyl (C=O) groups is 2. The Bertz CT molecular complexity index is 1130. The summed E-state index contributed by atoms with van der Waals surface area (Å²) < 4.78 is 5.75. The van der Waals surface area contributed by atoms with Crippen LogP contribution in [0.3, 0.4) is 0 Å². The van der Waals surface area contributed by atoms with E-state index in [2.05, 4.69) is 22.8 Å². The van der Waals surface area contributed by atoms with E-state index >= 15 is 0 Å². The Balaban J connectivity index is 1.36. The summed E-state index contributed by atoms with van der Waals surface area (Å²) in [6, 6.07) is 13.6. The molecule has 0 unspecified atom stereocenters. The summed E-state index contributed by atoms with van der Waals surface area (Å²) >= 11 is 1.76. The summed E-state index contributed by atoms with van der Waals surface area (Å²) in [6.45, 7) is 7.58. The number of benzene rings is 2. The molecule has 0 spiro atoms. The average Bonchev–Trinajstić information content (AvgIpc) is 3.22. The van der Waals surface area contributed by atoms with Crippen LogP contribution in [0.5, 0.6) is 5.75 Å². The minimum absolute atomic E-state index is 0.00796. The number of hydrogen-bond donors (Lipinski definition) is 1. The van der Waals surface area contributed by atoms with Gasteiger partial charge in [0, 0.05) is 29.2 Å². The highest BCUT2D eigenvalue weighted by Gasteiger charge is 2.24. The molecule has 0 fully saturated rings. The van der Waals surface area contributed by atoms with E-state index in [1.807, 2.05) is 56.0 Å². The first-order chi connectivity index (χ1) is 15.4. The molecule has 0 radical (unpaired) electrons. The molecule has 4 rings (SSSR count). The first-order valence-electron chi connectivity index (χ1n) is 10.9. The first-order valence-corrected chi connectivity index (χ1v) is 11.7. The number of hydrogen-bond acceptors (Lipinski definition) is 4. The minimum Gasteiger partial charge on any atom is -0.493 e. The van der Waals surface area contributed by atoms with Crippen LogP contribution in [0, 0.1) is 20.8 Å². The van der Waals surface area contributed by atoms with Gasteiger partial charge in [0.15, 0.2) is 0 Å². The van der Waals surface area contributed by atoms with Crippen LogP contribution in [0.4, 0.5) is 5.69 Å². The molecule has 1 N–H and O–H groups in total. The third-order valence-corrected chi connectivity index (χ3v) is 6.75. The maximum absolute atomic E-state index is 13.2. The van der Waals surface area contributed by atoms with Gasteiger partial charge in [-0.25, -0.2) is 0 Å². The monoisotopic (exact) mass is 448 g/mol. The van der Waals surface area contributed by atoms with E-state index in [1.165, 1.54) is 10.4 Å². The maximum atomic E-state index is 13.2. The lowest BCUT2D eigenvalue weighted by Crippen LogP contribution is -2.35. The van der Waals surface area contributed by atoms with E-state index in [1.54, 1.807) is 11.3 Å². The van der Waals surface area contributed by atoms with Crippen molar-refractivity contribution < 1.29 is 14.3 Å². The molecular formula is C26H28N2O3S. The second kappa shape index (κ2) is 9.57. The van der Waals surface area contributed by atoms with Crippen LogP contribution in [-0.4, -0.2) is 29.9 Å². The molecule has 32 heavy (non-hydrogen) atoms. The van der Waals surface area contributed by atoms with E-state index < -0.39 is 0 Å². The summed E-state index contributed by atoms with van der Waals surface area (Å²) in [5, 5.41) is 5.03. The van der Waals surface area contributed by atoms with Crippen molar-refractivity contribution in [3.05, 3.63) is 80.5 Å².